The molecule has 2 rings (SSSR count). The third-order valence-electron chi connectivity index (χ3n) is 2.99. The summed E-state index contributed by atoms with van der Waals surface area (Å²) in [5.41, 5.74) is -0.119. The summed E-state index contributed by atoms with van der Waals surface area (Å²) < 4.78 is 0. The largest absolute Gasteiger partial charge is 0.549 e. The van der Waals surface area contributed by atoms with Crippen molar-refractivity contribution in [2.45, 2.75) is 24.7 Å². The monoisotopic (exact) mass is 209 g/mol. The number of carbonyl (C=O) groups is 1. The molecule has 1 saturated carbocycles. The molecule has 0 spiro atoms. The molecule has 1 aromatic rings. The summed E-state index contributed by atoms with van der Waals surface area (Å²) in [4.78, 5) is 11.1. The minimum atomic E-state index is -1.00. The molecule has 0 N–H and O–H groups in total. The number of hydrogen-bond donors (Lipinski definition) is 0. The highest BCUT2D eigenvalue weighted by molar-refractivity contribution is 6.31. The van der Waals surface area contributed by atoms with E-state index in [0.29, 0.717) is 23.4 Å². The van der Waals surface area contributed by atoms with Gasteiger partial charge in [-0.3, -0.25) is 0 Å². The molecule has 0 radical (unpaired) electrons. The first-order chi connectivity index (χ1) is 6.67. The molecule has 0 saturated heterocycles. The summed E-state index contributed by atoms with van der Waals surface area (Å²) in [5, 5.41) is 11.6. The van der Waals surface area contributed by atoms with Crippen LogP contribution < -0.4 is 5.11 Å². The average molecular weight is 210 g/mol. The summed E-state index contributed by atoms with van der Waals surface area (Å²) in [5.74, 6) is -1.00. The Hall–Kier alpha value is -1.02. The normalized spacial score (nSPS) is 18.6. The second kappa shape index (κ2) is 3.28. The van der Waals surface area contributed by atoms with E-state index in [2.05, 4.69) is 0 Å². The van der Waals surface area contributed by atoms with Crippen LogP contribution >= 0.6 is 11.6 Å². The number of carboxylic acids is 1. The van der Waals surface area contributed by atoms with Gasteiger partial charge in [0.2, 0.25) is 0 Å². The van der Waals surface area contributed by atoms with E-state index in [1.807, 2.05) is 6.07 Å². The maximum atomic E-state index is 11.1. The molecule has 1 aliphatic carbocycles. The van der Waals surface area contributed by atoms with Crippen LogP contribution in [0.15, 0.2) is 24.3 Å². The molecule has 14 heavy (non-hydrogen) atoms. The molecule has 74 valence electrons. The van der Waals surface area contributed by atoms with Crippen molar-refractivity contribution in [3.8, 4) is 0 Å². The van der Waals surface area contributed by atoms with Crippen molar-refractivity contribution in [3.63, 3.8) is 0 Å². The van der Waals surface area contributed by atoms with Gasteiger partial charge in [0, 0.05) is 10.4 Å². The molecule has 0 atom stereocenters. The van der Waals surface area contributed by atoms with Gasteiger partial charge in [-0.25, -0.2) is 0 Å². The van der Waals surface area contributed by atoms with Crippen molar-refractivity contribution in [2.24, 2.45) is 0 Å². The number of carbonyl (C=O) groups excluding carboxylic acids is 1. The number of carboxylic acid groups (broad SMARTS) is 1. The Morgan fingerprint density at radius 1 is 1.36 bits per heavy atom. The quantitative estimate of drug-likeness (QED) is 0.741. The molecule has 1 aliphatic rings. The standard InChI is InChI=1S/C11H11ClO2/c12-9-5-2-1-4-8(9)11(10(13)14)6-3-7-11/h1-2,4-5H,3,6-7H2,(H,13,14)/p-1. The van der Waals surface area contributed by atoms with Gasteiger partial charge >= 0.3 is 0 Å². The zero-order valence-electron chi connectivity index (χ0n) is 7.63. The molecule has 1 aromatic carbocycles. The fourth-order valence-corrected chi connectivity index (χ4v) is 2.28. The summed E-state index contributed by atoms with van der Waals surface area (Å²) in [6, 6.07) is 7.11. The van der Waals surface area contributed by atoms with E-state index >= 15 is 0 Å². The highest BCUT2D eigenvalue weighted by Crippen LogP contribution is 2.45. The van der Waals surface area contributed by atoms with Crippen molar-refractivity contribution in [1.82, 2.24) is 0 Å². The maximum Gasteiger partial charge on any atom is 0.0520 e. The smallest absolute Gasteiger partial charge is 0.0520 e. The van der Waals surface area contributed by atoms with E-state index < -0.39 is 11.4 Å². The minimum Gasteiger partial charge on any atom is -0.549 e. The molecule has 0 aromatic heterocycles. The van der Waals surface area contributed by atoms with Gasteiger partial charge in [0.05, 0.1) is 5.97 Å². The first-order valence-electron chi connectivity index (χ1n) is 4.63. The third kappa shape index (κ3) is 1.22. The third-order valence-corrected chi connectivity index (χ3v) is 3.32. The van der Waals surface area contributed by atoms with Crippen LogP contribution in [0.1, 0.15) is 24.8 Å². The van der Waals surface area contributed by atoms with Gasteiger partial charge in [-0.2, -0.15) is 0 Å². The Labute approximate surface area is 87.5 Å². The Morgan fingerprint density at radius 3 is 2.43 bits per heavy atom. The number of hydrogen-bond acceptors (Lipinski definition) is 2. The highest BCUT2D eigenvalue weighted by atomic mass is 35.5. The van der Waals surface area contributed by atoms with Crippen LogP contribution in [0, 0.1) is 0 Å². The van der Waals surface area contributed by atoms with Gasteiger partial charge in [0.15, 0.2) is 0 Å². The van der Waals surface area contributed by atoms with E-state index in [0.717, 1.165) is 6.42 Å². The van der Waals surface area contributed by atoms with Gasteiger partial charge in [0.25, 0.3) is 0 Å². The van der Waals surface area contributed by atoms with Crippen LogP contribution in [0.2, 0.25) is 5.02 Å². The zero-order chi connectivity index (χ0) is 10.2. The predicted molar refractivity (Wildman–Crippen MR) is 52.0 cm³/mol. The van der Waals surface area contributed by atoms with Crippen molar-refractivity contribution in [3.05, 3.63) is 34.9 Å². The molecule has 0 amide bonds. The van der Waals surface area contributed by atoms with Crippen LogP contribution in [0.5, 0.6) is 0 Å². The van der Waals surface area contributed by atoms with E-state index in [1.54, 1.807) is 18.2 Å². The van der Waals surface area contributed by atoms with E-state index in [9.17, 15) is 9.90 Å². The topological polar surface area (TPSA) is 40.1 Å². The van der Waals surface area contributed by atoms with Crippen LogP contribution in [0.4, 0.5) is 0 Å². The highest BCUT2D eigenvalue weighted by Gasteiger charge is 2.41. The second-order valence-electron chi connectivity index (χ2n) is 3.70. The lowest BCUT2D eigenvalue weighted by atomic mass is 9.64. The first-order valence-corrected chi connectivity index (χ1v) is 5.01. The molecule has 0 aliphatic heterocycles. The molecule has 1 fully saturated rings. The molecule has 0 heterocycles. The lowest BCUT2D eigenvalue weighted by Gasteiger charge is -2.43. The van der Waals surface area contributed by atoms with Crippen LogP contribution in [-0.4, -0.2) is 5.97 Å². The van der Waals surface area contributed by atoms with Crippen LogP contribution in [0.25, 0.3) is 0 Å². The summed E-state index contributed by atoms with van der Waals surface area (Å²) in [7, 11) is 0. The van der Waals surface area contributed by atoms with E-state index in [-0.39, 0.29) is 0 Å². The van der Waals surface area contributed by atoms with Crippen molar-refractivity contribution in [1.29, 1.82) is 0 Å². The number of rotatable bonds is 2. The summed E-state index contributed by atoms with van der Waals surface area (Å²) in [6.07, 6.45) is 2.21. The van der Waals surface area contributed by atoms with E-state index in [1.165, 1.54) is 0 Å². The predicted octanol–water partition coefficient (Wildman–Crippen LogP) is 1.51. The minimum absolute atomic E-state index is 0.524. The number of benzene rings is 1. The van der Waals surface area contributed by atoms with E-state index in [4.69, 9.17) is 11.6 Å². The molecular weight excluding hydrogens is 200 g/mol. The number of halogens is 1. The Bertz CT molecular complexity index is 369. The van der Waals surface area contributed by atoms with Crippen molar-refractivity contribution in [2.75, 3.05) is 0 Å². The number of aliphatic carboxylic acids is 1. The lowest BCUT2D eigenvalue weighted by molar-refractivity contribution is -0.317. The van der Waals surface area contributed by atoms with Gasteiger partial charge in [0.1, 0.15) is 0 Å². The molecule has 0 bridgehead atoms. The van der Waals surface area contributed by atoms with Gasteiger partial charge in [-0.05, 0) is 24.5 Å². The Balaban J connectivity index is 2.47. The molecule has 3 heteroatoms. The van der Waals surface area contributed by atoms with Crippen molar-refractivity contribution >= 4 is 17.6 Å². The molecule has 2 nitrogen and oxygen atoms in total. The first kappa shape index (κ1) is 9.53. The maximum absolute atomic E-state index is 11.1. The fraction of sp³-hybridized carbons (Fsp3) is 0.364. The SMILES string of the molecule is O=C([O-])C1(c2ccccc2Cl)CCC1. The van der Waals surface area contributed by atoms with Gasteiger partial charge in [-0.15, -0.1) is 0 Å². The Morgan fingerprint density at radius 2 is 2.00 bits per heavy atom. The summed E-state index contributed by atoms with van der Waals surface area (Å²) in [6.45, 7) is 0. The molecule has 0 unspecified atom stereocenters. The summed E-state index contributed by atoms with van der Waals surface area (Å²) >= 11 is 5.97. The van der Waals surface area contributed by atoms with Crippen molar-refractivity contribution < 1.29 is 9.90 Å². The fourth-order valence-electron chi connectivity index (χ4n) is 1.96. The van der Waals surface area contributed by atoms with Crippen LogP contribution in [-0.2, 0) is 10.2 Å². The average Bonchev–Trinajstić information content (AvgIpc) is 2.05. The van der Waals surface area contributed by atoms with Gasteiger partial charge < -0.3 is 9.90 Å². The zero-order valence-corrected chi connectivity index (χ0v) is 8.38. The second-order valence-corrected chi connectivity index (χ2v) is 4.11. The Kier molecular flexibility index (Phi) is 2.23. The van der Waals surface area contributed by atoms with Gasteiger partial charge in [-0.1, -0.05) is 36.2 Å². The lowest BCUT2D eigenvalue weighted by Crippen LogP contribution is -2.50. The van der Waals surface area contributed by atoms with Crippen LogP contribution in [0.3, 0.4) is 0 Å². The molecular formula is C11H10ClO2-.